The number of carbonyl (C=O) groups is 1. The van der Waals surface area contributed by atoms with Gasteiger partial charge in [-0.25, -0.2) is 4.99 Å². The molecule has 1 atom stereocenters. The molecule has 2 N–H and O–H groups in total. The van der Waals surface area contributed by atoms with Gasteiger partial charge in [0.1, 0.15) is 5.54 Å². The van der Waals surface area contributed by atoms with Gasteiger partial charge in [-0.1, -0.05) is 0 Å². The lowest BCUT2D eigenvalue weighted by Gasteiger charge is -2.32. The molecule has 0 aliphatic carbocycles. The van der Waals surface area contributed by atoms with Crippen LogP contribution in [0.3, 0.4) is 0 Å². The quantitative estimate of drug-likeness (QED) is 0.686. The molecule has 0 fully saturated rings. The van der Waals surface area contributed by atoms with Crippen LogP contribution in [0.1, 0.15) is 29.3 Å². The molecule has 1 aromatic carbocycles. The molecule has 4 nitrogen and oxygen atoms in total. The average Bonchev–Trinajstić information content (AvgIpc) is 3.09. The number of benzene rings is 1. The summed E-state index contributed by atoms with van der Waals surface area (Å²) in [5.74, 6) is -0.314. The summed E-state index contributed by atoms with van der Waals surface area (Å²) in [6, 6.07) is 4.37. The second-order valence-corrected chi connectivity index (χ2v) is 7.92. The zero-order valence-corrected chi connectivity index (χ0v) is 16.0. The van der Waals surface area contributed by atoms with Crippen LogP contribution in [-0.2, 0) is 22.7 Å². The maximum atomic E-state index is 13.1. The summed E-state index contributed by atoms with van der Waals surface area (Å²) in [6.07, 6.45) is -9.89. The Hall–Kier alpha value is -2.56. The van der Waals surface area contributed by atoms with Gasteiger partial charge in [0.25, 0.3) is 0 Å². The van der Waals surface area contributed by atoms with Gasteiger partial charge in [-0.3, -0.25) is 9.69 Å². The van der Waals surface area contributed by atoms with Crippen LogP contribution in [0.4, 0.5) is 26.3 Å². The summed E-state index contributed by atoms with van der Waals surface area (Å²) in [6.45, 7) is 1.63. The number of thiophene rings is 1. The Morgan fingerprint density at radius 1 is 1.07 bits per heavy atom. The molecule has 11 heteroatoms. The van der Waals surface area contributed by atoms with Crippen LogP contribution in [0, 0.1) is 0 Å². The van der Waals surface area contributed by atoms with Crippen LogP contribution in [0.2, 0.25) is 0 Å². The van der Waals surface area contributed by atoms with Crippen LogP contribution in [0.25, 0.3) is 10.4 Å². The van der Waals surface area contributed by atoms with Gasteiger partial charge in [-0.05, 0) is 42.8 Å². The van der Waals surface area contributed by atoms with Crippen molar-refractivity contribution in [1.82, 2.24) is 4.90 Å². The summed E-state index contributed by atoms with van der Waals surface area (Å²) in [4.78, 5) is 18.3. The van der Waals surface area contributed by atoms with E-state index in [1.165, 1.54) is 24.1 Å². The topological polar surface area (TPSA) is 58.7 Å². The van der Waals surface area contributed by atoms with Crippen LogP contribution >= 0.6 is 11.3 Å². The first-order valence-corrected chi connectivity index (χ1v) is 9.04. The van der Waals surface area contributed by atoms with Crippen molar-refractivity contribution in [2.24, 2.45) is 10.7 Å². The molecule has 0 saturated carbocycles. The molecule has 2 heterocycles. The van der Waals surface area contributed by atoms with Gasteiger partial charge in [0, 0.05) is 16.8 Å². The first-order valence-electron chi connectivity index (χ1n) is 8.23. The number of aliphatic imine (C=N–C) groups is 1. The predicted octanol–water partition coefficient (Wildman–Crippen LogP) is 4.84. The number of alkyl halides is 6. The Bertz CT molecular complexity index is 962. The highest BCUT2D eigenvalue weighted by molar-refractivity contribution is 7.15. The number of nitrogens with zero attached hydrogens (tertiary/aromatic N) is 2. The molecule has 3 rings (SSSR count). The molecular weight excluding hydrogens is 420 g/mol. The molecule has 1 aliphatic rings. The van der Waals surface area contributed by atoms with Crippen LogP contribution < -0.4 is 5.73 Å². The highest BCUT2D eigenvalue weighted by Gasteiger charge is 2.39. The van der Waals surface area contributed by atoms with Crippen molar-refractivity contribution in [3.63, 3.8) is 0 Å². The third kappa shape index (κ3) is 4.09. The molecule has 2 aromatic rings. The van der Waals surface area contributed by atoms with Gasteiger partial charge in [0.15, 0.2) is 5.96 Å². The minimum Gasteiger partial charge on any atom is -0.369 e. The van der Waals surface area contributed by atoms with Crippen LogP contribution in [-0.4, -0.2) is 23.8 Å². The fourth-order valence-electron chi connectivity index (χ4n) is 2.93. The molecule has 0 bridgehead atoms. The lowest BCUT2D eigenvalue weighted by atomic mass is 9.94. The largest absolute Gasteiger partial charge is 0.416 e. The summed E-state index contributed by atoms with van der Waals surface area (Å²) < 4.78 is 78.6. The molecule has 156 valence electrons. The SMILES string of the molecule is CN1C(=O)C[C@@](C)(c2ccc(-c3cc(C(F)(F)F)cc(C(F)(F)F)c3)s2)N=C1N. The lowest BCUT2D eigenvalue weighted by Crippen LogP contribution is -2.47. The normalized spacial score (nSPS) is 20.8. The average molecular weight is 435 g/mol. The molecule has 0 unspecified atom stereocenters. The van der Waals surface area contributed by atoms with E-state index in [2.05, 4.69) is 4.99 Å². The van der Waals surface area contributed by atoms with Crippen molar-refractivity contribution in [2.45, 2.75) is 31.2 Å². The van der Waals surface area contributed by atoms with Crippen LogP contribution in [0.15, 0.2) is 35.3 Å². The second-order valence-electron chi connectivity index (χ2n) is 6.83. The van der Waals surface area contributed by atoms with Crippen molar-refractivity contribution in [3.05, 3.63) is 46.3 Å². The fraction of sp³-hybridized carbons (Fsp3) is 0.333. The summed E-state index contributed by atoms with van der Waals surface area (Å²) >= 11 is 0.967. The summed E-state index contributed by atoms with van der Waals surface area (Å²) in [5.41, 5.74) is 1.70. The Labute approximate surface area is 165 Å². The molecule has 0 spiro atoms. The Balaban J connectivity index is 2.08. The predicted molar refractivity (Wildman–Crippen MR) is 96.1 cm³/mol. The van der Waals surface area contributed by atoms with E-state index in [1.807, 2.05) is 0 Å². The highest BCUT2D eigenvalue weighted by atomic mass is 32.1. The van der Waals surface area contributed by atoms with E-state index in [1.54, 1.807) is 6.92 Å². The van der Waals surface area contributed by atoms with E-state index < -0.39 is 29.0 Å². The molecular formula is C18H15F6N3OS. The van der Waals surface area contributed by atoms with Gasteiger partial charge >= 0.3 is 12.4 Å². The van der Waals surface area contributed by atoms with Crippen molar-refractivity contribution in [3.8, 4) is 10.4 Å². The number of halogens is 6. The van der Waals surface area contributed by atoms with E-state index in [-0.39, 0.29) is 34.8 Å². The van der Waals surface area contributed by atoms with Gasteiger partial charge in [-0.15, -0.1) is 11.3 Å². The molecule has 1 aromatic heterocycles. The van der Waals surface area contributed by atoms with Crippen molar-refractivity contribution in [1.29, 1.82) is 0 Å². The number of nitrogens with two attached hydrogens (primary N) is 1. The molecule has 29 heavy (non-hydrogen) atoms. The second kappa shape index (κ2) is 6.75. The number of carbonyl (C=O) groups excluding carboxylic acids is 1. The monoisotopic (exact) mass is 435 g/mol. The minimum absolute atomic E-state index is 0.0165. The van der Waals surface area contributed by atoms with E-state index in [9.17, 15) is 31.1 Å². The lowest BCUT2D eigenvalue weighted by molar-refractivity contribution is -0.143. The zero-order valence-electron chi connectivity index (χ0n) is 15.1. The first kappa shape index (κ1) is 21.2. The van der Waals surface area contributed by atoms with Crippen molar-refractivity contribution < 1.29 is 31.1 Å². The number of amides is 1. The number of hydrogen-bond donors (Lipinski definition) is 1. The van der Waals surface area contributed by atoms with Crippen molar-refractivity contribution >= 4 is 23.2 Å². The van der Waals surface area contributed by atoms with Gasteiger partial charge in [0.2, 0.25) is 5.91 Å². The van der Waals surface area contributed by atoms with Crippen molar-refractivity contribution in [2.75, 3.05) is 7.05 Å². The first-order chi connectivity index (χ1) is 13.2. The van der Waals surface area contributed by atoms with E-state index in [0.717, 1.165) is 11.3 Å². The zero-order chi connectivity index (χ0) is 21.8. The van der Waals surface area contributed by atoms with E-state index in [0.29, 0.717) is 17.0 Å². The van der Waals surface area contributed by atoms with Gasteiger partial charge in [-0.2, -0.15) is 26.3 Å². The number of hydrogen-bond acceptors (Lipinski definition) is 4. The molecule has 0 radical (unpaired) electrons. The van der Waals surface area contributed by atoms with Crippen LogP contribution in [0.5, 0.6) is 0 Å². The fourth-order valence-corrected chi connectivity index (χ4v) is 4.01. The van der Waals surface area contributed by atoms with Gasteiger partial charge < -0.3 is 5.73 Å². The smallest absolute Gasteiger partial charge is 0.369 e. The third-order valence-corrected chi connectivity index (χ3v) is 5.97. The van der Waals surface area contributed by atoms with Gasteiger partial charge in [0.05, 0.1) is 17.5 Å². The number of rotatable bonds is 2. The Morgan fingerprint density at radius 2 is 1.62 bits per heavy atom. The number of guanidine groups is 1. The molecule has 1 amide bonds. The highest BCUT2D eigenvalue weighted by Crippen LogP contribution is 2.43. The van der Waals surface area contributed by atoms with E-state index >= 15 is 0 Å². The Morgan fingerprint density at radius 3 is 2.10 bits per heavy atom. The Kier molecular flexibility index (Phi) is 4.93. The standard InChI is InChI=1S/C18H15F6N3OS/c1-16(8-14(28)27(2)15(25)26-16)13-4-3-12(29-13)9-5-10(17(19,20)21)7-11(6-9)18(22,23)24/h3-7H,8H2,1-2H3,(H2,25,26)/t16-/m0/s1. The maximum Gasteiger partial charge on any atom is 0.416 e. The molecule has 0 saturated heterocycles. The third-order valence-electron chi connectivity index (χ3n) is 4.58. The van der Waals surface area contributed by atoms with E-state index in [4.69, 9.17) is 5.73 Å². The minimum atomic E-state index is -4.93. The summed E-state index contributed by atoms with van der Waals surface area (Å²) in [7, 11) is 1.46. The molecule has 1 aliphatic heterocycles. The summed E-state index contributed by atoms with van der Waals surface area (Å²) in [5, 5.41) is 0. The maximum absolute atomic E-state index is 13.1.